The molecule has 0 radical (unpaired) electrons. The maximum atomic E-state index is 11.9. The van der Waals surface area contributed by atoms with Gasteiger partial charge in [-0.25, -0.2) is 0 Å². The summed E-state index contributed by atoms with van der Waals surface area (Å²) < 4.78 is 0. The first-order chi connectivity index (χ1) is 6.68. The normalized spacial score (nSPS) is 17.9. The van der Waals surface area contributed by atoms with Gasteiger partial charge in [0.15, 0.2) is 5.78 Å². The van der Waals surface area contributed by atoms with Gasteiger partial charge in [0.05, 0.1) is 12.0 Å². The molecule has 2 rings (SSSR count). The summed E-state index contributed by atoms with van der Waals surface area (Å²) in [7, 11) is 0. The molecule has 0 heterocycles. The van der Waals surface area contributed by atoms with E-state index in [4.69, 9.17) is 16.7 Å². The largest absolute Gasteiger partial charge is 0.395 e. The molecule has 0 spiro atoms. The molecule has 14 heavy (non-hydrogen) atoms. The summed E-state index contributed by atoms with van der Waals surface area (Å²) in [4.78, 5) is 11.9. The van der Waals surface area contributed by atoms with Crippen LogP contribution >= 0.6 is 11.6 Å². The van der Waals surface area contributed by atoms with Gasteiger partial charge in [0.25, 0.3) is 0 Å². The molecule has 0 unspecified atom stereocenters. The van der Waals surface area contributed by atoms with Crippen molar-refractivity contribution in [2.24, 2.45) is 5.41 Å². The Hall–Kier alpha value is -0.860. The van der Waals surface area contributed by atoms with Crippen LogP contribution in [0.5, 0.6) is 0 Å². The van der Waals surface area contributed by atoms with E-state index >= 15 is 0 Å². The number of hydrogen-bond acceptors (Lipinski definition) is 2. The number of carbonyl (C=O) groups excluding carboxylic acids is 1. The van der Waals surface area contributed by atoms with Crippen LogP contribution in [0.2, 0.25) is 5.02 Å². The monoisotopic (exact) mass is 210 g/mol. The highest BCUT2D eigenvalue weighted by atomic mass is 35.5. The number of hydrogen-bond donors (Lipinski definition) is 1. The highest BCUT2D eigenvalue weighted by molar-refractivity contribution is 6.30. The van der Waals surface area contributed by atoms with Gasteiger partial charge in [-0.15, -0.1) is 0 Å². The number of aliphatic hydroxyl groups is 1. The first kappa shape index (κ1) is 9.69. The van der Waals surface area contributed by atoms with Gasteiger partial charge < -0.3 is 5.11 Å². The molecule has 0 aliphatic heterocycles. The molecule has 0 saturated heterocycles. The fourth-order valence-electron chi connectivity index (χ4n) is 1.52. The SMILES string of the molecule is O=C(c1ccc(Cl)cc1)C1(CO)CC1. The Morgan fingerprint density at radius 2 is 1.93 bits per heavy atom. The fourth-order valence-corrected chi connectivity index (χ4v) is 1.64. The van der Waals surface area contributed by atoms with E-state index in [0.29, 0.717) is 10.6 Å². The van der Waals surface area contributed by atoms with Crippen molar-refractivity contribution in [3.05, 3.63) is 34.9 Å². The molecule has 0 amide bonds. The quantitative estimate of drug-likeness (QED) is 0.778. The summed E-state index contributed by atoms with van der Waals surface area (Å²) in [5.74, 6) is 0.0386. The maximum absolute atomic E-state index is 11.9. The molecule has 1 N–H and O–H groups in total. The van der Waals surface area contributed by atoms with E-state index in [2.05, 4.69) is 0 Å². The second-order valence-corrected chi connectivity index (χ2v) is 4.21. The predicted molar refractivity (Wildman–Crippen MR) is 54.5 cm³/mol. The summed E-state index contributed by atoms with van der Waals surface area (Å²) >= 11 is 5.72. The van der Waals surface area contributed by atoms with Crippen LogP contribution in [-0.4, -0.2) is 17.5 Å². The van der Waals surface area contributed by atoms with E-state index in [1.54, 1.807) is 24.3 Å². The molecule has 0 atom stereocenters. The summed E-state index contributed by atoms with van der Waals surface area (Å²) in [6.07, 6.45) is 1.59. The van der Waals surface area contributed by atoms with Crippen molar-refractivity contribution >= 4 is 17.4 Å². The molecule has 1 fully saturated rings. The third-order valence-electron chi connectivity index (χ3n) is 2.74. The van der Waals surface area contributed by atoms with Crippen molar-refractivity contribution < 1.29 is 9.90 Å². The third kappa shape index (κ3) is 1.56. The molecule has 74 valence electrons. The number of carbonyl (C=O) groups is 1. The summed E-state index contributed by atoms with van der Waals surface area (Å²) in [5, 5.41) is 9.72. The van der Waals surface area contributed by atoms with Crippen LogP contribution in [0.3, 0.4) is 0 Å². The van der Waals surface area contributed by atoms with Crippen LogP contribution in [0.4, 0.5) is 0 Å². The van der Waals surface area contributed by atoms with Gasteiger partial charge in [0.1, 0.15) is 0 Å². The van der Waals surface area contributed by atoms with Crippen LogP contribution in [0, 0.1) is 5.41 Å². The van der Waals surface area contributed by atoms with E-state index in [1.165, 1.54) is 0 Å². The molecule has 1 aromatic carbocycles. The van der Waals surface area contributed by atoms with Gasteiger partial charge in [0.2, 0.25) is 0 Å². The lowest BCUT2D eigenvalue weighted by Gasteiger charge is -2.09. The molecule has 1 aliphatic rings. The number of ketones is 1. The number of halogens is 1. The van der Waals surface area contributed by atoms with E-state index in [9.17, 15) is 4.79 Å². The topological polar surface area (TPSA) is 37.3 Å². The second-order valence-electron chi connectivity index (χ2n) is 3.77. The van der Waals surface area contributed by atoms with Crippen molar-refractivity contribution in [2.45, 2.75) is 12.8 Å². The van der Waals surface area contributed by atoms with Gasteiger partial charge in [0, 0.05) is 10.6 Å². The molecule has 2 nitrogen and oxygen atoms in total. The smallest absolute Gasteiger partial charge is 0.171 e. The Morgan fingerprint density at radius 1 is 1.36 bits per heavy atom. The lowest BCUT2D eigenvalue weighted by atomic mass is 9.96. The highest BCUT2D eigenvalue weighted by Gasteiger charge is 2.49. The van der Waals surface area contributed by atoms with E-state index < -0.39 is 5.41 Å². The number of rotatable bonds is 3. The summed E-state index contributed by atoms with van der Waals surface area (Å²) in [6.45, 7) is -0.0472. The molecule has 0 bridgehead atoms. The number of aliphatic hydroxyl groups excluding tert-OH is 1. The molecule has 1 saturated carbocycles. The van der Waals surface area contributed by atoms with Gasteiger partial charge in [-0.1, -0.05) is 11.6 Å². The van der Waals surface area contributed by atoms with Crippen LogP contribution in [0.1, 0.15) is 23.2 Å². The zero-order valence-corrected chi connectivity index (χ0v) is 8.42. The Morgan fingerprint density at radius 3 is 2.36 bits per heavy atom. The molecular formula is C11H11ClO2. The Balaban J connectivity index is 2.23. The molecular weight excluding hydrogens is 200 g/mol. The lowest BCUT2D eigenvalue weighted by Crippen LogP contribution is -2.19. The van der Waals surface area contributed by atoms with E-state index in [0.717, 1.165) is 12.8 Å². The minimum absolute atomic E-state index is 0.0386. The van der Waals surface area contributed by atoms with Gasteiger partial charge in [-0.3, -0.25) is 4.79 Å². The molecule has 0 aromatic heterocycles. The van der Waals surface area contributed by atoms with Crippen LogP contribution in [0.15, 0.2) is 24.3 Å². The predicted octanol–water partition coefficient (Wildman–Crippen LogP) is 2.30. The maximum Gasteiger partial charge on any atom is 0.171 e. The van der Waals surface area contributed by atoms with Crippen molar-refractivity contribution in [2.75, 3.05) is 6.61 Å². The van der Waals surface area contributed by atoms with Crippen LogP contribution in [-0.2, 0) is 0 Å². The Bertz CT molecular complexity index is 352. The third-order valence-corrected chi connectivity index (χ3v) is 3.00. The zero-order valence-electron chi connectivity index (χ0n) is 7.66. The number of Topliss-reactive ketones (excluding diaryl/α,β-unsaturated/α-hetero) is 1. The summed E-state index contributed by atoms with van der Waals surface area (Å²) in [5.41, 5.74) is 0.161. The fraction of sp³-hybridized carbons (Fsp3) is 0.364. The first-order valence-electron chi connectivity index (χ1n) is 4.59. The average molecular weight is 211 g/mol. The van der Waals surface area contributed by atoms with Crippen molar-refractivity contribution in [3.8, 4) is 0 Å². The van der Waals surface area contributed by atoms with Crippen molar-refractivity contribution in [1.29, 1.82) is 0 Å². The second kappa shape index (κ2) is 3.37. The minimum atomic E-state index is -0.478. The standard InChI is InChI=1S/C11H11ClO2/c12-9-3-1-8(2-4-9)10(14)11(7-13)5-6-11/h1-4,13H,5-7H2. The minimum Gasteiger partial charge on any atom is -0.395 e. The number of benzene rings is 1. The van der Waals surface area contributed by atoms with Gasteiger partial charge in [-0.2, -0.15) is 0 Å². The van der Waals surface area contributed by atoms with Gasteiger partial charge in [-0.05, 0) is 37.1 Å². The van der Waals surface area contributed by atoms with E-state index in [1.807, 2.05) is 0 Å². The Kier molecular flexibility index (Phi) is 2.33. The Labute approximate surface area is 87.5 Å². The van der Waals surface area contributed by atoms with Crippen LogP contribution in [0.25, 0.3) is 0 Å². The average Bonchev–Trinajstić information content (AvgIpc) is 2.99. The first-order valence-corrected chi connectivity index (χ1v) is 4.97. The highest BCUT2D eigenvalue weighted by Crippen LogP contribution is 2.47. The molecule has 1 aliphatic carbocycles. The van der Waals surface area contributed by atoms with Crippen molar-refractivity contribution in [3.63, 3.8) is 0 Å². The van der Waals surface area contributed by atoms with Gasteiger partial charge >= 0.3 is 0 Å². The van der Waals surface area contributed by atoms with E-state index in [-0.39, 0.29) is 12.4 Å². The summed E-state index contributed by atoms with van der Waals surface area (Å²) in [6, 6.07) is 6.81. The van der Waals surface area contributed by atoms with Crippen LogP contribution < -0.4 is 0 Å². The van der Waals surface area contributed by atoms with Crippen molar-refractivity contribution in [1.82, 2.24) is 0 Å². The molecule has 1 aromatic rings. The lowest BCUT2D eigenvalue weighted by molar-refractivity contribution is 0.0829. The zero-order chi connectivity index (χ0) is 10.2. The molecule has 3 heteroatoms.